The maximum Gasteiger partial charge on any atom is 0.307 e. The highest BCUT2D eigenvalue weighted by Crippen LogP contribution is 2.18. The van der Waals surface area contributed by atoms with Gasteiger partial charge in [-0.05, 0) is 18.4 Å². The van der Waals surface area contributed by atoms with Crippen molar-refractivity contribution in [2.75, 3.05) is 0 Å². The predicted molar refractivity (Wildman–Crippen MR) is 87.3 cm³/mol. The van der Waals surface area contributed by atoms with Crippen molar-refractivity contribution in [3.05, 3.63) is 47.7 Å². The van der Waals surface area contributed by atoms with Crippen molar-refractivity contribution in [1.82, 2.24) is 0 Å². The first kappa shape index (κ1) is 16.7. The number of carboxylic acids is 1. The molecule has 0 spiro atoms. The van der Waals surface area contributed by atoms with E-state index in [1.165, 1.54) is 5.56 Å². The van der Waals surface area contributed by atoms with E-state index in [0.717, 1.165) is 6.04 Å². The van der Waals surface area contributed by atoms with Crippen molar-refractivity contribution in [2.45, 2.75) is 39.4 Å². The molecule has 0 amide bonds. The molecule has 1 aromatic carbocycles. The van der Waals surface area contributed by atoms with Gasteiger partial charge in [-0.25, -0.2) is 0 Å². The first-order chi connectivity index (χ1) is 9.32. The summed E-state index contributed by atoms with van der Waals surface area (Å²) >= 11 is 0. The van der Waals surface area contributed by atoms with Crippen molar-refractivity contribution in [1.29, 1.82) is 0 Å². The van der Waals surface area contributed by atoms with E-state index in [9.17, 15) is 9.90 Å². The molecule has 0 aromatic heterocycles. The lowest BCUT2D eigenvalue weighted by atomic mass is 9.93. The molecule has 0 heterocycles. The Bertz CT molecular complexity index is 449. The van der Waals surface area contributed by atoms with Gasteiger partial charge in [0.25, 0.3) is 0 Å². The average molecular weight is 290 g/mol. The zero-order valence-electron chi connectivity index (χ0n) is 13.0. The normalized spacial score (nSPS) is 13.8. The zero-order chi connectivity index (χ0) is 15.2. The zero-order valence-corrected chi connectivity index (χ0v) is 14.0. The van der Waals surface area contributed by atoms with Crippen LogP contribution in [0.1, 0.15) is 25.8 Å². The molecule has 0 fully saturated rings. The van der Waals surface area contributed by atoms with Crippen LogP contribution in [0, 0.1) is 11.8 Å². The Morgan fingerprint density at radius 1 is 1.25 bits per heavy atom. The summed E-state index contributed by atoms with van der Waals surface area (Å²) < 4.78 is 0. The van der Waals surface area contributed by atoms with Gasteiger partial charge in [0.15, 0.2) is 0 Å². The molecule has 0 aliphatic heterocycles. The number of carboxylic acid groups (broad SMARTS) is 1. The smallest absolute Gasteiger partial charge is 0.307 e. The van der Waals surface area contributed by atoms with Crippen molar-refractivity contribution < 1.29 is 9.90 Å². The van der Waals surface area contributed by atoms with Crippen molar-refractivity contribution in [3.63, 3.8) is 0 Å². The Kier molecular flexibility index (Phi) is 6.21. The third kappa shape index (κ3) is 5.74. The molecule has 1 atom stereocenters. The minimum absolute atomic E-state index is 0.177. The monoisotopic (exact) mass is 290 g/mol. The molecular weight excluding hydrogens is 264 g/mol. The van der Waals surface area contributed by atoms with Gasteiger partial charge in [-0.1, -0.05) is 74.6 Å². The van der Waals surface area contributed by atoms with Gasteiger partial charge in [0.2, 0.25) is 0 Å². The highest BCUT2D eigenvalue weighted by Gasteiger charge is 2.21. The van der Waals surface area contributed by atoms with Crippen LogP contribution in [-0.2, 0) is 10.8 Å². The van der Waals surface area contributed by atoms with E-state index in [2.05, 4.69) is 49.1 Å². The highest BCUT2D eigenvalue weighted by atomic mass is 28.3. The lowest BCUT2D eigenvalue weighted by molar-refractivity contribution is -0.143. The summed E-state index contributed by atoms with van der Waals surface area (Å²) in [5.41, 5.74) is 3.66. The van der Waals surface area contributed by atoms with Crippen LogP contribution in [0.5, 0.6) is 0 Å². The standard InChI is InChI=1S/C17H26O2Si/c1-14(2)16(17(18)19)11-8-12-20(3,4)13-15-9-6-5-7-10-15/h5-10,12,14,16H,11,13H2,1-4H3,(H,18,19)/b12-8+. The number of hydrogen-bond acceptors (Lipinski definition) is 1. The molecule has 1 rings (SSSR count). The van der Waals surface area contributed by atoms with Crippen LogP contribution < -0.4 is 0 Å². The van der Waals surface area contributed by atoms with E-state index >= 15 is 0 Å². The second-order valence-electron chi connectivity index (χ2n) is 6.48. The number of carbonyl (C=O) groups is 1. The topological polar surface area (TPSA) is 37.3 Å². The molecule has 20 heavy (non-hydrogen) atoms. The molecule has 3 heteroatoms. The van der Waals surface area contributed by atoms with Crippen LogP contribution in [0.4, 0.5) is 0 Å². The highest BCUT2D eigenvalue weighted by molar-refractivity contribution is 6.81. The van der Waals surface area contributed by atoms with Crippen molar-refractivity contribution >= 4 is 14.0 Å². The Morgan fingerprint density at radius 2 is 1.85 bits per heavy atom. The predicted octanol–water partition coefficient (Wildman–Crippen LogP) is 4.32. The summed E-state index contributed by atoms with van der Waals surface area (Å²) in [6.45, 7) is 8.58. The second kappa shape index (κ2) is 7.43. The molecule has 0 aliphatic carbocycles. The van der Waals surface area contributed by atoms with E-state index in [1.54, 1.807) is 0 Å². The van der Waals surface area contributed by atoms with E-state index in [4.69, 9.17) is 0 Å². The fraction of sp³-hybridized carbons (Fsp3) is 0.471. The molecule has 1 N–H and O–H groups in total. The summed E-state index contributed by atoms with van der Waals surface area (Å²) in [6, 6.07) is 11.6. The van der Waals surface area contributed by atoms with Gasteiger partial charge >= 0.3 is 5.97 Å². The van der Waals surface area contributed by atoms with Crippen LogP contribution in [-0.4, -0.2) is 19.1 Å². The Balaban J connectivity index is 2.61. The van der Waals surface area contributed by atoms with Gasteiger partial charge in [0.1, 0.15) is 0 Å². The maximum atomic E-state index is 11.2. The minimum Gasteiger partial charge on any atom is -0.481 e. The lowest BCUT2D eigenvalue weighted by Crippen LogP contribution is -2.27. The largest absolute Gasteiger partial charge is 0.481 e. The molecule has 1 aromatic rings. The average Bonchev–Trinajstić information content (AvgIpc) is 2.34. The fourth-order valence-corrected chi connectivity index (χ4v) is 4.55. The molecule has 0 radical (unpaired) electrons. The number of allylic oxidation sites excluding steroid dienone is 1. The Hall–Kier alpha value is -1.35. The van der Waals surface area contributed by atoms with E-state index in [-0.39, 0.29) is 11.8 Å². The van der Waals surface area contributed by atoms with Gasteiger partial charge in [-0.2, -0.15) is 0 Å². The van der Waals surface area contributed by atoms with Gasteiger partial charge in [-0.3, -0.25) is 4.79 Å². The van der Waals surface area contributed by atoms with Crippen molar-refractivity contribution in [3.8, 4) is 0 Å². The number of rotatable bonds is 7. The SMILES string of the molecule is CC(C)C(C/C=C/[Si](C)(C)Cc1ccccc1)C(=O)O. The van der Waals surface area contributed by atoms with Gasteiger partial charge in [0.05, 0.1) is 14.0 Å². The Morgan fingerprint density at radius 3 is 2.35 bits per heavy atom. The van der Waals surface area contributed by atoms with Crippen LogP contribution in [0.2, 0.25) is 13.1 Å². The molecule has 0 aliphatic rings. The molecule has 2 nitrogen and oxygen atoms in total. The van der Waals surface area contributed by atoms with Crippen molar-refractivity contribution in [2.24, 2.45) is 11.8 Å². The molecule has 0 saturated carbocycles. The van der Waals surface area contributed by atoms with Gasteiger partial charge in [-0.15, -0.1) is 0 Å². The van der Waals surface area contributed by atoms with E-state index < -0.39 is 14.0 Å². The molecule has 0 bridgehead atoms. The Labute approximate surface area is 123 Å². The number of benzene rings is 1. The summed E-state index contributed by atoms with van der Waals surface area (Å²) in [4.78, 5) is 11.2. The second-order valence-corrected chi connectivity index (χ2v) is 11.1. The first-order valence-corrected chi connectivity index (χ1v) is 10.5. The summed E-state index contributed by atoms with van der Waals surface area (Å²) in [5.74, 6) is -0.781. The molecular formula is C17H26O2Si. The van der Waals surface area contributed by atoms with Crippen LogP contribution >= 0.6 is 0 Å². The van der Waals surface area contributed by atoms with Gasteiger partial charge < -0.3 is 5.11 Å². The lowest BCUT2D eigenvalue weighted by Gasteiger charge is -2.19. The van der Waals surface area contributed by atoms with E-state index in [1.807, 2.05) is 19.9 Å². The fourth-order valence-electron chi connectivity index (χ4n) is 2.37. The molecule has 0 saturated heterocycles. The number of aliphatic carboxylic acids is 1. The summed E-state index contributed by atoms with van der Waals surface area (Å²) in [6.07, 6.45) is 2.73. The molecule has 1 unspecified atom stereocenters. The molecule has 110 valence electrons. The minimum atomic E-state index is -1.45. The van der Waals surface area contributed by atoms with E-state index in [0.29, 0.717) is 6.42 Å². The first-order valence-electron chi connectivity index (χ1n) is 7.26. The third-order valence-electron chi connectivity index (χ3n) is 3.58. The summed E-state index contributed by atoms with van der Waals surface area (Å²) in [7, 11) is -1.45. The maximum absolute atomic E-state index is 11.2. The quantitative estimate of drug-likeness (QED) is 0.759. The van der Waals surface area contributed by atoms with Gasteiger partial charge in [0, 0.05) is 0 Å². The summed E-state index contributed by atoms with van der Waals surface area (Å²) in [5, 5.41) is 9.19. The number of hydrogen-bond donors (Lipinski definition) is 1. The third-order valence-corrected chi connectivity index (χ3v) is 6.04. The van der Waals surface area contributed by atoms with Crippen LogP contribution in [0.25, 0.3) is 0 Å². The van der Waals surface area contributed by atoms with Crippen LogP contribution in [0.15, 0.2) is 42.1 Å². The van der Waals surface area contributed by atoms with Crippen LogP contribution in [0.3, 0.4) is 0 Å².